The second-order valence-electron chi connectivity index (χ2n) is 16.9. The maximum atomic E-state index is 13.9. The van der Waals surface area contributed by atoms with Gasteiger partial charge in [-0.25, -0.2) is 13.8 Å². The Morgan fingerprint density at radius 2 is 1.43 bits per heavy atom. The van der Waals surface area contributed by atoms with Gasteiger partial charge in [0, 0.05) is 29.2 Å². The minimum Gasteiger partial charge on any atom is -0.505 e. The molecule has 2 atom stereocenters. The lowest BCUT2D eigenvalue weighted by atomic mass is 9.98. The zero-order valence-electron chi connectivity index (χ0n) is 36.8. The number of hydrogen-bond donors (Lipinski definition) is 6. The Hall–Kier alpha value is -7.10. The minimum absolute atomic E-state index is 0.0964. The molecular formula is C50H52N6O8S. The number of nitrogens with two attached hydrogens (primary N) is 1. The minimum atomic E-state index is -2.28. The first-order valence-corrected chi connectivity index (χ1v) is 22.4. The third-order valence-electron chi connectivity index (χ3n) is 11.1. The van der Waals surface area contributed by atoms with Crippen LogP contribution < -0.4 is 21.7 Å². The fourth-order valence-corrected chi connectivity index (χ4v) is 8.48. The number of anilines is 2. The topological polar surface area (TPSA) is 214 Å². The molecule has 0 fully saturated rings. The van der Waals surface area contributed by atoms with E-state index in [4.69, 9.17) is 15.2 Å². The second kappa shape index (κ2) is 19.7. The monoisotopic (exact) mass is 896 g/mol. The molecule has 0 heterocycles. The Labute approximate surface area is 379 Å². The summed E-state index contributed by atoms with van der Waals surface area (Å²) in [5.74, 6) is -0.808. The Morgan fingerprint density at radius 1 is 0.800 bits per heavy atom. The highest BCUT2D eigenvalue weighted by Gasteiger charge is 2.30. The number of amides is 3. The van der Waals surface area contributed by atoms with Crippen LogP contribution in [0.1, 0.15) is 68.2 Å². The molecular weight excluding hydrogens is 845 g/mol. The molecule has 0 saturated carbocycles. The largest absolute Gasteiger partial charge is 0.505 e. The van der Waals surface area contributed by atoms with Crippen molar-refractivity contribution in [3.05, 3.63) is 131 Å². The van der Waals surface area contributed by atoms with Crippen molar-refractivity contribution in [3.63, 3.8) is 0 Å². The van der Waals surface area contributed by atoms with E-state index in [-0.39, 0.29) is 46.4 Å². The normalized spacial score (nSPS) is 13.2. The zero-order chi connectivity index (χ0) is 46.4. The molecule has 0 spiro atoms. The van der Waals surface area contributed by atoms with E-state index < -0.39 is 40.8 Å². The number of aromatic hydroxyl groups is 1. The average molecular weight is 897 g/mol. The number of aryl methyl sites for hydroxylation is 2. The summed E-state index contributed by atoms with van der Waals surface area (Å²) in [4.78, 5) is 39.6. The van der Waals surface area contributed by atoms with Crippen LogP contribution in [0.25, 0.3) is 33.0 Å². The van der Waals surface area contributed by atoms with Gasteiger partial charge in [0.15, 0.2) is 16.8 Å². The molecule has 3 amide bonds. The summed E-state index contributed by atoms with van der Waals surface area (Å²) in [7, 11) is 0. The highest BCUT2D eigenvalue weighted by atomic mass is 32.2. The summed E-state index contributed by atoms with van der Waals surface area (Å²) >= 11 is -2.28. The Kier molecular flexibility index (Phi) is 13.9. The van der Waals surface area contributed by atoms with Crippen LogP contribution >= 0.6 is 0 Å². The summed E-state index contributed by atoms with van der Waals surface area (Å²) in [6.07, 6.45) is 0.104. The quantitative estimate of drug-likeness (QED) is 0.0265. The van der Waals surface area contributed by atoms with Crippen molar-refractivity contribution in [1.82, 2.24) is 10.6 Å². The lowest BCUT2D eigenvalue weighted by Crippen LogP contribution is -2.44. The SMILES string of the molecule is Cc1cc(-c2ccc(NC(=O)C(CCCCNC(=O)OC(C)(C)C)NC(=O)OCC3c4ccccc4-c4ccccc43)c(C)c2)ccc1N=Nc1ccc2c(S(=O)O)ccc(N)c2c1O. The van der Waals surface area contributed by atoms with E-state index in [9.17, 15) is 28.3 Å². The molecule has 0 saturated heterocycles. The molecule has 2 unspecified atom stereocenters. The van der Waals surface area contributed by atoms with E-state index in [2.05, 4.69) is 38.3 Å². The number of nitrogens with zero attached hydrogens (tertiary/aromatic N) is 2. The summed E-state index contributed by atoms with van der Waals surface area (Å²) in [5.41, 5.74) is 14.7. The van der Waals surface area contributed by atoms with Crippen molar-refractivity contribution in [1.29, 1.82) is 0 Å². The smallest absolute Gasteiger partial charge is 0.407 e. The number of phenolic OH excluding ortho intramolecular Hbond substituents is 1. The second-order valence-corrected chi connectivity index (χ2v) is 17.9. The van der Waals surface area contributed by atoms with Gasteiger partial charge in [0.25, 0.3) is 0 Å². The van der Waals surface area contributed by atoms with Crippen LogP contribution in [-0.4, -0.2) is 56.8 Å². The van der Waals surface area contributed by atoms with Crippen molar-refractivity contribution in [3.8, 4) is 28.0 Å². The molecule has 15 heteroatoms. The van der Waals surface area contributed by atoms with Gasteiger partial charge in [-0.15, -0.1) is 5.11 Å². The average Bonchev–Trinajstić information content (AvgIpc) is 3.58. The van der Waals surface area contributed by atoms with Crippen LogP contribution in [0.4, 0.5) is 32.3 Å². The molecule has 0 aromatic heterocycles. The number of azo groups is 1. The Morgan fingerprint density at radius 3 is 2.08 bits per heavy atom. The van der Waals surface area contributed by atoms with Crippen molar-refractivity contribution >= 4 is 62.7 Å². The van der Waals surface area contributed by atoms with E-state index in [0.717, 1.165) is 44.5 Å². The molecule has 7 rings (SSSR count). The van der Waals surface area contributed by atoms with Gasteiger partial charge in [-0.1, -0.05) is 66.7 Å². The van der Waals surface area contributed by atoms with Gasteiger partial charge in [-0.05, 0) is 141 Å². The molecule has 0 radical (unpaired) electrons. The highest BCUT2D eigenvalue weighted by molar-refractivity contribution is 7.79. The number of fused-ring (bicyclic) bond motifs is 4. The van der Waals surface area contributed by atoms with Crippen LogP contribution in [0.15, 0.2) is 124 Å². The van der Waals surface area contributed by atoms with Crippen LogP contribution in [0.3, 0.4) is 0 Å². The van der Waals surface area contributed by atoms with Crippen molar-refractivity contribution in [2.75, 3.05) is 24.2 Å². The molecule has 65 heavy (non-hydrogen) atoms. The molecule has 1 aliphatic rings. The maximum absolute atomic E-state index is 13.9. The van der Waals surface area contributed by atoms with Crippen LogP contribution in [0.2, 0.25) is 0 Å². The number of hydrogen-bond acceptors (Lipinski definition) is 10. The summed E-state index contributed by atoms with van der Waals surface area (Å²) in [5, 5.41) is 28.7. The van der Waals surface area contributed by atoms with Crippen LogP contribution in [-0.2, 0) is 25.3 Å². The van der Waals surface area contributed by atoms with Gasteiger partial charge in [0.2, 0.25) is 5.91 Å². The van der Waals surface area contributed by atoms with E-state index in [1.807, 2.05) is 80.6 Å². The highest BCUT2D eigenvalue weighted by Crippen LogP contribution is 2.45. The molecule has 7 N–H and O–H groups in total. The predicted molar refractivity (Wildman–Crippen MR) is 253 cm³/mol. The van der Waals surface area contributed by atoms with Crippen LogP contribution in [0, 0.1) is 13.8 Å². The number of benzene rings is 6. The molecule has 6 aromatic carbocycles. The molecule has 1 aliphatic carbocycles. The fraction of sp³-hybridized carbons (Fsp3) is 0.260. The van der Waals surface area contributed by atoms with E-state index in [1.165, 1.54) is 18.2 Å². The van der Waals surface area contributed by atoms with Gasteiger partial charge in [0.05, 0.1) is 16.0 Å². The molecule has 336 valence electrons. The van der Waals surface area contributed by atoms with Crippen molar-refractivity contribution < 1.29 is 37.7 Å². The van der Waals surface area contributed by atoms with Gasteiger partial charge in [-0.3, -0.25) is 4.79 Å². The summed E-state index contributed by atoms with van der Waals surface area (Å²) in [6.45, 7) is 9.57. The van der Waals surface area contributed by atoms with E-state index in [0.29, 0.717) is 36.1 Å². The number of nitrogens with one attached hydrogen (secondary N) is 3. The van der Waals surface area contributed by atoms with Gasteiger partial charge >= 0.3 is 12.2 Å². The summed E-state index contributed by atoms with van der Waals surface area (Å²) < 4.78 is 32.6. The van der Waals surface area contributed by atoms with E-state index >= 15 is 0 Å². The Bertz CT molecular complexity index is 2790. The number of ether oxygens (including phenoxy) is 2. The zero-order valence-corrected chi connectivity index (χ0v) is 37.6. The third-order valence-corrected chi connectivity index (χ3v) is 11.9. The van der Waals surface area contributed by atoms with Crippen molar-refractivity contribution in [2.45, 2.75) is 76.3 Å². The fourth-order valence-electron chi connectivity index (χ4n) is 7.94. The molecule has 0 aliphatic heterocycles. The first kappa shape index (κ1) is 45.9. The number of carbonyl (C=O) groups excluding carboxylic acids is 3. The number of nitrogen functional groups attached to an aromatic ring is 1. The molecule has 0 bridgehead atoms. The lowest BCUT2D eigenvalue weighted by Gasteiger charge is -2.21. The van der Waals surface area contributed by atoms with Gasteiger partial charge < -0.3 is 40.8 Å². The number of rotatable bonds is 14. The van der Waals surface area contributed by atoms with Crippen molar-refractivity contribution in [2.24, 2.45) is 10.2 Å². The number of alkyl carbamates (subject to hydrolysis) is 2. The van der Waals surface area contributed by atoms with E-state index in [1.54, 1.807) is 32.9 Å². The van der Waals surface area contributed by atoms with Gasteiger partial charge in [-0.2, -0.15) is 5.11 Å². The standard InChI is InChI=1S/C50H52N6O8S/c1-29-26-31(32-18-22-41(30(2)27-32)55-56-42-23-19-37-44(65(61)62)24-20-39(51)45(37)46(42)57)17-21-40(29)53-47(58)43(16-10-11-25-52-48(59)64-50(3,4)5)54-49(60)63-28-38-35-14-8-6-12-33(35)34-13-7-9-15-36(34)38/h6-9,12-15,17-24,26-27,38,43,57H,10-11,16,25,28,51H2,1-5H3,(H,52,59)(H,53,58)(H,54,60)(H,61,62). The summed E-state index contributed by atoms with van der Waals surface area (Å²) in [6, 6.07) is 32.5. The third kappa shape index (κ3) is 10.8. The first-order valence-electron chi connectivity index (χ1n) is 21.3. The maximum Gasteiger partial charge on any atom is 0.407 e. The number of phenols is 1. The first-order chi connectivity index (χ1) is 31.1. The Balaban J connectivity index is 1.02. The lowest BCUT2D eigenvalue weighted by molar-refractivity contribution is -0.118. The van der Waals surface area contributed by atoms with Gasteiger partial charge in [0.1, 0.15) is 23.9 Å². The predicted octanol–water partition coefficient (Wildman–Crippen LogP) is 10.9. The van der Waals surface area contributed by atoms with Crippen LogP contribution in [0.5, 0.6) is 5.75 Å². The molecule has 6 aromatic rings. The number of unbranched alkanes of at least 4 members (excludes halogenated alkanes) is 1. The molecule has 14 nitrogen and oxygen atoms in total. The number of carbonyl (C=O) groups is 3.